The minimum absolute atomic E-state index is 0.229. The number of carbonyl (C=O) groups excluding carboxylic acids is 1. The molecule has 1 amide bonds. The molecule has 0 spiro atoms. The summed E-state index contributed by atoms with van der Waals surface area (Å²) in [5.74, 6) is -0.229. The van der Waals surface area contributed by atoms with Gasteiger partial charge < -0.3 is 19.9 Å². The standard InChI is InChI=1S/C29H32BrN5O2/c1-3-34(4-2)24-10-5-20(6-11-24)17-21-7-8-22(28(21)35-13-15-37-16-14-35)19-31-33-27-25-18-23(30)9-12-26(25)32-29(27)36/h5-6,9-12,17-19H,3-4,7-8,13-16H2,1-2H3,(H,32,33,36). The van der Waals surface area contributed by atoms with Crippen LogP contribution in [0.4, 0.5) is 11.4 Å². The van der Waals surface area contributed by atoms with E-state index in [1.807, 2.05) is 24.4 Å². The Morgan fingerprint density at radius 1 is 1.08 bits per heavy atom. The van der Waals surface area contributed by atoms with Crippen molar-refractivity contribution in [2.45, 2.75) is 26.7 Å². The topological polar surface area (TPSA) is 69.5 Å². The van der Waals surface area contributed by atoms with E-state index in [1.165, 1.54) is 22.5 Å². The number of fused-ring (bicyclic) bond motifs is 1. The fourth-order valence-electron chi connectivity index (χ4n) is 5.12. The lowest BCUT2D eigenvalue weighted by Gasteiger charge is -2.31. The highest BCUT2D eigenvalue weighted by Crippen LogP contribution is 2.35. The summed E-state index contributed by atoms with van der Waals surface area (Å²) in [6.07, 6.45) is 5.95. The van der Waals surface area contributed by atoms with E-state index in [-0.39, 0.29) is 5.91 Å². The number of ether oxygens (including phenoxy) is 1. The van der Waals surface area contributed by atoms with Crippen LogP contribution in [-0.2, 0) is 9.53 Å². The summed E-state index contributed by atoms with van der Waals surface area (Å²) in [4.78, 5) is 17.2. The maximum absolute atomic E-state index is 12.5. The van der Waals surface area contributed by atoms with Crippen molar-refractivity contribution in [1.29, 1.82) is 0 Å². The normalized spacial score (nSPS) is 19.9. The first-order valence-electron chi connectivity index (χ1n) is 12.9. The van der Waals surface area contributed by atoms with Gasteiger partial charge in [0, 0.05) is 47.6 Å². The van der Waals surface area contributed by atoms with Gasteiger partial charge in [0.15, 0.2) is 5.71 Å². The molecule has 1 N–H and O–H groups in total. The molecule has 7 nitrogen and oxygen atoms in total. The van der Waals surface area contributed by atoms with Crippen molar-refractivity contribution in [3.05, 3.63) is 74.9 Å². The van der Waals surface area contributed by atoms with E-state index in [0.717, 1.165) is 60.3 Å². The van der Waals surface area contributed by atoms with Crippen molar-refractivity contribution in [3.8, 4) is 0 Å². The molecule has 2 aromatic rings. The van der Waals surface area contributed by atoms with Crippen LogP contribution in [0.5, 0.6) is 0 Å². The van der Waals surface area contributed by atoms with Gasteiger partial charge >= 0.3 is 0 Å². The summed E-state index contributed by atoms with van der Waals surface area (Å²) in [7, 11) is 0. The Morgan fingerprint density at radius 3 is 2.57 bits per heavy atom. The number of nitrogens with zero attached hydrogens (tertiary/aromatic N) is 4. The number of anilines is 2. The van der Waals surface area contributed by atoms with E-state index < -0.39 is 0 Å². The zero-order valence-electron chi connectivity index (χ0n) is 21.3. The fraction of sp³-hybridized carbons (Fsp3) is 0.345. The summed E-state index contributed by atoms with van der Waals surface area (Å²) in [6.45, 7) is 9.49. The van der Waals surface area contributed by atoms with Gasteiger partial charge in [0.05, 0.1) is 25.1 Å². The number of morpholine rings is 1. The Hall–Kier alpha value is -3.23. The largest absolute Gasteiger partial charge is 0.378 e. The van der Waals surface area contributed by atoms with Crippen molar-refractivity contribution >= 4 is 51.2 Å². The Kier molecular flexibility index (Phi) is 7.86. The number of carbonyl (C=O) groups is 1. The van der Waals surface area contributed by atoms with Crippen molar-refractivity contribution in [1.82, 2.24) is 4.90 Å². The van der Waals surface area contributed by atoms with Crippen molar-refractivity contribution in [2.24, 2.45) is 10.2 Å². The molecule has 8 heteroatoms. The lowest BCUT2D eigenvalue weighted by atomic mass is 10.1. The first-order chi connectivity index (χ1) is 18.1. The van der Waals surface area contributed by atoms with Crippen LogP contribution in [-0.4, -0.2) is 62.1 Å². The number of hydrogen-bond acceptors (Lipinski definition) is 6. The minimum Gasteiger partial charge on any atom is -0.378 e. The summed E-state index contributed by atoms with van der Waals surface area (Å²) in [5, 5.41) is 11.6. The second-order valence-corrected chi connectivity index (χ2v) is 10.2. The maximum atomic E-state index is 12.5. The molecule has 0 saturated carbocycles. The highest BCUT2D eigenvalue weighted by molar-refractivity contribution is 9.10. The lowest BCUT2D eigenvalue weighted by molar-refractivity contribution is -0.110. The molecular formula is C29H32BrN5O2. The summed E-state index contributed by atoms with van der Waals surface area (Å²) < 4.78 is 6.51. The number of hydrogen-bond donors (Lipinski definition) is 1. The van der Waals surface area contributed by atoms with Gasteiger partial charge in [-0.05, 0) is 79.8 Å². The average Bonchev–Trinajstić information content (AvgIpc) is 3.46. The van der Waals surface area contributed by atoms with Gasteiger partial charge in [0.25, 0.3) is 5.91 Å². The Bertz CT molecular complexity index is 1290. The highest BCUT2D eigenvalue weighted by Gasteiger charge is 2.27. The van der Waals surface area contributed by atoms with Crippen LogP contribution in [0.25, 0.3) is 6.08 Å². The van der Waals surface area contributed by atoms with E-state index in [9.17, 15) is 4.79 Å². The van der Waals surface area contributed by atoms with Gasteiger partial charge in [-0.3, -0.25) is 4.79 Å². The second kappa shape index (κ2) is 11.4. The van der Waals surface area contributed by atoms with Crippen LogP contribution in [0.15, 0.2) is 74.0 Å². The van der Waals surface area contributed by atoms with E-state index in [0.29, 0.717) is 18.9 Å². The maximum Gasteiger partial charge on any atom is 0.276 e. The number of rotatable bonds is 7. The third kappa shape index (κ3) is 5.55. The third-order valence-corrected chi connectivity index (χ3v) is 7.53. The first-order valence-corrected chi connectivity index (χ1v) is 13.7. The van der Waals surface area contributed by atoms with Gasteiger partial charge in [0.1, 0.15) is 0 Å². The summed E-state index contributed by atoms with van der Waals surface area (Å²) >= 11 is 3.47. The SMILES string of the molecule is CCN(CC)c1ccc(C=C2CCC(C=NN=C3C(=O)Nc4ccc(Br)cc43)=C2N2CCOCC2)cc1. The predicted octanol–water partition coefficient (Wildman–Crippen LogP) is 5.49. The minimum atomic E-state index is -0.229. The molecule has 0 bridgehead atoms. The van der Waals surface area contributed by atoms with Crippen molar-refractivity contribution in [2.75, 3.05) is 49.6 Å². The quantitative estimate of drug-likeness (QED) is 0.358. The fourth-order valence-corrected chi connectivity index (χ4v) is 5.48. The number of allylic oxidation sites excluding steroid dienone is 2. The van der Waals surface area contributed by atoms with Crippen molar-refractivity contribution < 1.29 is 9.53 Å². The molecule has 0 aromatic heterocycles. The van der Waals surface area contributed by atoms with Gasteiger partial charge in [-0.15, -0.1) is 5.10 Å². The van der Waals surface area contributed by atoms with Gasteiger partial charge in [0.2, 0.25) is 0 Å². The molecule has 0 unspecified atom stereocenters. The molecular weight excluding hydrogens is 530 g/mol. The molecule has 5 rings (SSSR count). The van der Waals surface area contributed by atoms with Crippen LogP contribution in [0.1, 0.15) is 37.8 Å². The summed E-state index contributed by atoms with van der Waals surface area (Å²) in [6, 6.07) is 14.5. The Labute approximate surface area is 226 Å². The average molecular weight is 563 g/mol. The van der Waals surface area contributed by atoms with Crippen LogP contribution >= 0.6 is 15.9 Å². The molecule has 0 radical (unpaired) electrons. The number of amides is 1. The van der Waals surface area contributed by atoms with Gasteiger partial charge in [-0.1, -0.05) is 28.1 Å². The predicted molar refractivity (Wildman–Crippen MR) is 154 cm³/mol. The van der Waals surface area contributed by atoms with E-state index in [4.69, 9.17) is 4.74 Å². The monoisotopic (exact) mass is 561 g/mol. The highest BCUT2D eigenvalue weighted by atomic mass is 79.9. The Morgan fingerprint density at radius 2 is 1.84 bits per heavy atom. The van der Waals surface area contributed by atoms with Crippen LogP contribution in [0.2, 0.25) is 0 Å². The van der Waals surface area contributed by atoms with E-state index in [1.54, 1.807) is 0 Å². The molecule has 37 heavy (non-hydrogen) atoms. The molecule has 2 aliphatic heterocycles. The zero-order valence-corrected chi connectivity index (χ0v) is 22.9. The Balaban J connectivity index is 1.44. The van der Waals surface area contributed by atoms with E-state index in [2.05, 4.69) is 85.4 Å². The summed E-state index contributed by atoms with van der Waals surface area (Å²) in [5.41, 5.74) is 7.97. The van der Waals surface area contributed by atoms with Crippen LogP contribution in [0, 0.1) is 0 Å². The van der Waals surface area contributed by atoms with Gasteiger partial charge in [-0.25, -0.2) is 0 Å². The molecule has 3 aliphatic rings. The van der Waals surface area contributed by atoms with Crippen LogP contribution in [0.3, 0.4) is 0 Å². The first kappa shape index (κ1) is 25.4. The van der Waals surface area contributed by atoms with Crippen molar-refractivity contribution in [3.63, 3.8) is 0 Å². The third-order valence-electron chi connectivity index (χ3n) is 7.03. The van der Waals surface area contributed by atoms with Gasteiger partial charge in [-0.2, -0.15) is 5.10 Å². The van der Waals surface area contributed by atoms with E-state index >= 15 is 0 Å². The number of benzene rings is 2. The molecule has 1 saturated heterocycles. The molecule has 1 fully saturated rings. The lowest BCUT2D eigenvalue weighted by Crippen LogP contribution is -2.36. The zero-order chi connectivity index (χ0) is 25.8. The molecule has 192 valence electrons. The smallest absolute Gasteiger partial charge is 0.276 e. The molecule has 1 aliphatic carbocycles. The van der Waals surface area contributed by atoms with Crippen LogP contribution < -0.4 is 10.2 Å². The number of halogens is 1. The molecule has 2 aromatic carbocycles. The molecule has 2 heterocycles. The molecule has 0 atom stereocenters. The second-order valence-electron chi connectivity index (χ2n) is 9.24. The number of nitrogens with one attached hydrogen (secondary N) is 1.